The van der Waals surface area contributed by atoms with Crippen molar-refractivity contribution < 1.29 is 14.0 Å². The molecule has 6 nitrogen and oxygen atoms in total. The predicted molar refractivity (Wildman–Crippen MR) is 120 cm³/mol. The van der Waals surface area contributed by atoms with E-state index >= 15 is 0 Å². The highest BCUT2D eigenvalue weighted by atomic mass is 32.2. The number of rotatable bonds is 7. The van der Waals surface area contributed by atoms with Crippen LogP contribution in [-0.2, 0) is 9.59 Å². The number of aliphatic imine (C=N–C) groups is 2. The van der Waals surface area contributed by atoms with E-state index in [9.17, 15) is 14.0 Å². The first-order chi connectivity index (χ1) is 13.6. The summed E-state index contributed by atoms with van der Waals surface area (Å²) in [6.45, 7) is 1.54. The average Bonchev–Trinajstić information content (AvgIpc) is 3.38. The van der Waals surface area contributed by atoms with Gasteiger partial charge in [-0.05, 0) is 6.07 Å². The average molecular weight is 459 g/mol. The molecule has 0 radical (unpaired) electrons. The van der Waals surface area contributed by atoms with Crippen LogP contribution in [-0.4, -0.2) is 56.7 Å². The van der Waals surface area contributed by atoms with Crippen molar-refractivity contribution in [1.82, 2.24) is 10.6 Å². The zero-order chi connectivity index (χ0) is 19.8. The number of nitrogens with one attached hydrogen (secondary N) is 2. The van der Waals surface area contributed by atoms with Gasteiger partial charge in [-0.1, -0.05) is 65.2 Å². The molecule has 2 heterocycles. The zero-order valence-electron chi connectivity index (χ0n) is 14.9. The van der Waals surface area contributed by atoms with Gasteiger partial charge in [0.05, 0.1) is 24.6 Å². The standard InChI is InChI=1S/C17H19FN4O2S4/c18-12-4-2-1-3-11(12)15(21-13(23)9-27-16-19-5-7-25-16)22-14(24)10-28-17-20-6-8-26-17/h1-4,15H,5-10H2,(H,21,23)(H,22,24). The van der Waals surface area contributed by atoms with Gasteiger partial charge in [0.1, 0.15) is 20.7 Å². The number of nitrogens with zero attached hydrogens (tertiary/aromatic N) is 2. The third-order valence-corrected chi connectivity index (χ3v) is 8.10. The van der Waals surface area contributed by atoms with Crippen LogP contribution >= 0.6 is 47.0 Å². The lowest BCUT2D eigenvalue weighted by atomic mass is 10.1. The Bertz CT molecular complexity index is 748. The number of carbonyl (C=O) groups is 2. The molecule has 1 aromatic carbocycles. The first-order valence-electron chi connectivity index (χ1n) is 8.55. The fraction of sp³-hybridized carbons (Fsp3) is 0.412. The van der Waals surface area contributed by atoms with Gasteiger partial charge in [0, 0.05) is 17.1 Å². The summed E-state index contributed by atoms with van der Waals surface area (Å²) in [5, 5.41) is 5.43. The van der Waals surface area contributed by atoms with Crippen LogP contribution in [0.1, 0.15) is 11.7 Å². The number of halogens is 1. The summed E-state index contributed by atoms with van der Waals surface area (Å²) in [4.78, 5) is 33.3. The van der Waals surface area contributed by atoms with E-state index in [1.165, 1.54) is 29.6 Å². The minimum atomic E-state index is -0.932. The number of hydrogen-bond donors (Lipinski definition) is 2. The Kier molecular flexibility index (Phi) is 8.56. The minimum Gasteiger partial charge on any atom is -0.331 e. The molecule has 2 aliphatic rings. The molecule has 2 N–H and O–H groups in total. The molecule has 0 atom stereocenters. The Morgan fingerprint density at radius 2 is 1.54 bits per heavy atom. The molecule has 11 heteroatoms. The molecular formula is C17H19FN4O2S4. The molecule has 0 spiro atoms. The van der Waals surface area contributed by atoms with Crippen LogP contribution in [0, 0.1) is 5.82 Å². The second kappa shape index (κ2) is 11.1. The van der Waals surface area contributed by atoms with E-state index in [1.807, 2.05) is 0 Å². The van der Waals surface area contributed by atoms with Crippen molar-refractivity contribution in [2.45, 2.75) is 6.17 Å². The molecule has 2 amide bonds. The molecule has 0 bridgehead atoms. The molecular weight excluding hydrogens is 439 g/mol. The van der Waals surface area contributed by atoms with Crippen LogP contribution in [0.5, 0.6) is 0 Å². The van der Waals surface area contributed by atoms with Crippen LogP contribution in [0.2, 0.25) is 0 Å². The molecule has 0 saturated carbocycles. The lowest BCUT2D eigenvalue weighted by Crippen LogP contribution is -2.43. The quantitative estimate of drug-likeness (QED) is 0.612. The van der Waals surface area contributed by atoms with E-state index in [4.69, 9.17) is 0 Å². The van der Waals surface area contributed by atoms with Crippen molar-refractivity contribution in [1.29, 1.82) is 0 Å². The Hall–Kier alpha value is -1.17. The lowest BCUT2D eigenvalue weighted by molar-refractivity contribution is -0.121. The SMILES string of the molecule is O=C(CSC1=NCCS1)NC(NC(=O)CSC1=NCCS1)c1ccccc1F. The van der Waals surface area contributed by atoms with Crippen LogP contribution in [0.3, 0.4) is 0 Å². The monoisotopic (exact) mass is 458 g/mol. The van der Waals surface area contributed by atoms with Crippen molar-refractivity contribution in [2.24, 2.45) is 9.98 Å². The topological polar surface area (TPSA) is 82.9 Å². The highest BCUT2D eigenvalue weighted by Crippen LogP contribution is 2.23. The third-order valence-electron chi connectivity index (χ3n) is 3.60. The maximum Gasteiger partial charge on any atom is 0.232 e. The second-order valence-electron chi connectivity index (χ2n) is 5.66. The molecule has 0 aromatic heterocycles. The summed E-state index contributed by atoms with van der Waals surface area (Å²) in [5.41, 5.74) is 0.222. The molecule has 0 fully saturated rings. The largest absolute Gasteiger partial charge is 0.331 e. The number of benzene rings is 1. The lowest BCUT2D eigenvalue weighted by Gasteiger charge is -2.21. The number of amides is 2. The smallest absolute Gasteiger partial charge is 0.232 e. The maximum atomic E-state index is 14.2. The van der Waals surface area contributed by atoms with Crippen molar-refractivity contribution >= 4 is 67.6 Å². The highest BCUT2D eigenvalue weighted by molar-refractivity contribution is 8.39. The van der Waals surface area contributed by atoms with Crippen molar-refractivity contribution in [3.8, 4) is 0 Å². The van der Waals surface area contributed by atoms with Crippen molar-refractivity contribution in [3.05, 3.63) is 35.6 Å². The Morgan fingerprint density at radius 1 is 1.00 bits per heavy atom. The van der Waals surface area contributed by atoms with E-state index in [1.54, 1.807) is 41.7 Å². The summed E-state index contributed by atoms with van der Waals surface area (Å²) < 4.78 is 16.0. The van der Waals surface area contributed by atoms with E-state index in [0.29, 0.717) is 0 Å². The summed E-state index contributed by atoms with van der Waals surface area (Å²) in [5.74, 6) is 1.11. The van der Waals surface area contributed by atoms with Crippen molar-refractivity contribution in [2.75, 3.05) is 36.1 Å². The highest BCUT2D eigenvalue weighted by Gasteiger charge is 2.21. The van der Waals surface area contributed by atoms with E-state index in [0.717, 1.165) is 33.3 Å². The van der Waals surface area contributed by atoms with E-state index in [2.05, 4.69) is 20.6 Å². The van der Waals surface area contributed by atoms with Crippen LogP contribution in [0.25, 0.3) is 0 Å². The molecule has 2 aliphatic heterocycles. The van der Waals surface area contributed by atoms with Gasteiger partial charge in [-0.15, -0.1) is 0 Å². The Labute approximate surface area is 179 Å². The Morgan fingerprint density at radius 3 is 2.00 bits per heavy atom. The van der Waals surface area contributed by atoms with Gasteiger partial charge in [-0.2, -0.15) is 0 Å². The van der Waals surface area contributed by atoms with Crippen molar-refractivity contribution in [3.63, 3.8) is 0 Å². The summed E-state index contributed by atoms with van der Waals surface area (Å²) in [6.07, 6.45) is -0.932. The number of thioether (sulfide) groups is 4. The summed E-state index contributed by atoms with van der Waals surface area (Å²) in [7, 11) is 0. The van der Waals surface area contributed by atoms with Gasteiger partial charge >= 0.3 is 0 Å². The summed E-state index contributed by atoms with van der Waals surface area (Å²) >= 11 is 5.94. The first kappa shape index (κ1) is 21.5. The van der Waals surface area contributed by atoms with Gasteiger partial charge < -0.3 is 10.6 Å². The van der Waals surface area contributed by atoms with E-state index < -0.39 is 12.0 Å². The fourth-order valence-corrected chi connectivity index (χ4v) is 6.01. The predicted octanol–water partition coefficient (Wildman–Crippen LogP) is 2.73. The van der Waals surface area contributed by atoms with Gasteiger partial charge in [0.25, 0.3) is 0 Å². The Balaban J connectivity index is 1.58. The first-order valence-corrected chi connectivity index (χ1v) is 12.5. The summed E-state index contributed by atoms with van der Waals surface area (Å²) in [6, 6.07) is 6.09. The third kappa shape index (κ3) is 6.71. The minimum absolute atomic E-state index is 0.162. The second-order valence-corrected chi connectivity index (χ2v) is 10.3. The van der Waals surface area contributed by atoms with Crippen LogP contribution in [0.4, 0.5) is 4.39 Å². The number of hydrogen-bond acceptors (Lipinski definition) is 8. The fourth-order valence-electron chi connectivity index (χ4n) is 2.37. The number of carbonyl (C=O) groups excluding carboxylic acids is 2. The molecule has 1 aromatic rings. The molecule has 3 rings (SSSR count). The van der Waals surface area contributed by atoms with Crippen LogP contribution in [0.15, 0.2) is 34.3 Å². The van der Waals surface area contributed by atoms with Gasteiger partial charge in [0.2, 0.25) is 11.8 Å². The normalized spacial score (nSPS) is 16.1. The molecule has 0 aliphatic carbocycles. The van der Waals surface area contributed by atoms with Gasteiger partial charge in [0.15, 0.2) is 0 Å². The molecule has 150 valence electrons. The van der Waals surface area contributed by atoms with Gasteiger partial charge in [-0.3, -0.25) is 19.6 Å². The maximum absolute atomic E-state index is 14.2. The molecule has 0 unspecified atom stereocenters. The zero-order valence-corrected chi connectivity index (χ0v) is 18.1. The molecule has 28 heavy (non-hydrogen) atoms. The van der Waals surface area contributed by atoms with Crippen LogP contribution < -0.4 is 10.6 Å². The van der Waals surface area contributed by atoms with E-state index in [-0.39, 0.29) is 28.9 Å². The van der Waals surface area contributed by atoms with Gasteiger partial charge in [-0.25, -0.2) is 4.39 Å². The molecule has 0 saturated heterocycles.